The van der Waals surface area contributed by atoms with Gasteiger partial charge >= 0.3 is 0 Å². The SMILES string of the molecule is CCC(CC(F)F)OCCOC. The molecule has 0 amide bonds. The highest BCUT2D eigenvalue weighted by atomic mass is 19.3. The van der Waals surface area contributed by atoms with Gasteiger partial charge < -0.3 is 9.47 Å². The zero-order valence-electron chi connectivity index (χ0n) is 7.56. The van der Waals surface area contributed by atoms with Crippen molar-refractivity contribution in [3.63, 3.8) is 0 Å². The quantitative estimate of drug-likeness (QED) is 0.561. The average Bonchev–Trinajstić information content (AvgIpc) is 2.02. The molecule has 0 radical (unpaired) electrons. The van der Waals surface area contributed by atoms with Crippen molar-refractivity contribution in [3.05, 3.63) is 0 Å². The summed E-state index contributed by atoms with van der Waals surface area (Å²) in [6.45, 7) is 2.68. The zero-order chi connectivity index (χ0) is 9.40. The van der Waals surface area contributed by atoms with Crippen molar-refractivity contribution >= 4 is 0 Å². The van der Waals surface area contributed by atoms with Gasteiger partial charge in [0.25, 0.3) is 0 Å². The van der Waals surface area contributed by atoms with Crippen LogP contribution in [-0.2, 0) is 9.47 Å². The molecule has 1 atom stereocenters. The first-order valence-corrected chi connectivity index (χ1v) is 4.09. The molecule has 0 saturated carbocycles. The zero-order valence-corrected chi connectivity index (χ0v) is 7.56. The molecule has 0 aromatic heterocycles. The number of hydrogen-bond donors (Lipinski definition) is 0. The van der Waals surface area contributed by atoms with Gasteiger partial charge in [-0.05, 0) is 6.42 Å². The van der Waals surface area contributed by atoms with E-state index in [-0.39, 0.29) is 12.5 Å². The molecule has 0 saturated heterocycles. The first-order chi connectivity index (χ1) is 5.70. The monoisotopic (exact) mass is 182 g/mol. The summed E-state index contributed by atoms with van der Waals surface area (Å²) in [6, 6.07) is 0. The van der Waals surface area contributed by atoms with Crippen LogP contribution in [0.25, 0.3) is 0 Å². The molecule has 1 unspecified atom stereocenters. The van der Waals surface area contributed by atoms with Gasteiger partial charge in [0.1, 0.15) is 0 Å². The molecule has 74 valence electrons. The Morgan fingerprint density at radius 3 is 2.33 bits per heavy atom. The molecule has 0 spiro atoms. The molecule has 0 rings (SSSR count). The van der Waals surface area contributed by atoms with Crippen LogP contribution in [0, 0.1) is 0 Å². The molecular weight excluding hydrogens is 166 g/mol. The largest absolute Gasteiger partial charge is 0.382 e. The van der Waals surface area contributed by atoms with Gasteiger partial charge in [-0.15, -0.1) is 0 Å². The minimum Gasteiger partial charge on any atom is -0.382 e. The maximum atomic E-state index is 11.9. The second kappa shape index (κ2) is 7.43. The maximum Gasteiger partial charge on any atom is 0.241 e. The van der Waals surface area contributed by atoms with Gasteiger partial charge in [0, 0.05) is 13.5 Å². The van der Waals surface area contributed by atoms with Crippen LogP contribution in [0.4, 0.5) is 8.78 Å². The Kier molecular flexibility index (Phi) is 7.29. The summed E-state index contributed by atoms with van der Waals surface area (Å²) in [5.74, 6) is 0. The van der Waals surface area contributed by atoms with Crippen molar-refractivity contribution < 1.29 is 18.3 Å². The lowest BCUT2D eigenvalue weighted by atomic mass is 10.2. The summed E-state index contributed by atoms with van der Waals surface area (Å²) in [5.41, 5.74) is 0. The van der Waals surface area contributed by atoms with E-state index in [9.17, 15) is 8.78 Å². The van der Waals surface area contributed by atoms with Crippen molar-refractivity contribution in [2.75, 3.05) is 20.3 Å². The molecule has 0 heterocycles. The van der Waals surface area contributed by atoms with Gasteiger partial charge in [-0.1, -0.05) is 6.92 Å². The average molecular weight is 182 g/mol. The molecule has 2 nitrogen and oxygen atoms in total. The predicted molar refractivity (Wildman–Crippen MR) is 42.5 cm³/mol. The standard InChI is InChI=1S/C8H16F2O2/c1-3-7(6-8(9)10)12-5-4-11-2/h7-8H,3-6H2,1-2H3. The van der Waals surface area contributed by atoms with Crippen molar-refractivity contribution in [2.45, 2.75) is 32.3 Å². The topological polar surface area (TPSA) is 18.5 Å². The van der Waals surface area contributed by atoms with Gasteiger partial charge in [0.2, 0.25) is 6.43 Å². The molecule has 0 aromatic rings. The molecule has 0 aromatic carbocycles. The smallest absolute Gasteiger partial charge is 0.241 e. The fraction of sp³-hybridized carbons (Fsp3) is 1.00. The Hall–Kier alpha value is -0.220. The van der Waals surface area contributed by atoms with Crippen LogP contribution in [0.1, 0.15) is 19.8 Å². The van der Waals surface area contributed by atoms with Crippen LogP contribution in [0.2, 0.25) is 0 Å². The highest BCUT2D eigenvalue weighted by molar-refractivity contribution is 4.56. The van der Waals surface area contributed by atoms with Crippen molar-refractivity contribution in [2.24, 2.45) is 0 Å². The Morgan fingerprint density at radius 1 is 1.25 bits per heavy atom. The minimum absolute atomic E-state index is 0.180. The van der Waals surface area contributed by atoms with Crippen LogP contribution in [-0.4, -0.2) is 32.9 Å². The Balaban J connectivity index is 3.39. The molecule has 0 N–H and O–H groups in total. The van der Waals surface area contributed by atoms with E-state index in [4.69, 9.17) is 9.47 Å². The fourth-order valence-electron chi connectivity index (χ4n) is 0.849. The van der Waals surface area contributed by atoms with Crippen LogP contribution in [0.3, 0.4) is 0 Å². The number of alkyl halides is 2. The van der Waals surface area contributed by atoms with E-state index < -0.39 is 6.43 Å². The van der Waals surface area contributed by atoms with Crippen molar-refractivity contribution in [1.29, 1.82) is 0 Å². The van der Waals surface area contributed by atoms with Crippen molar-refractivity contribution in [3.8, 4) is 0 Å². The number of ether oxygens (including phenoxy) is 2. The normalized spacial score (nSPS) is 13.8. The molecule has 0 aliphatic heterocycles. The van der Waals surface area contributed by atoms with E-state index in [1.54, 1.807) is 7.11 Å². The summed E-state index contributed by atoms with van der Waals surface area (Å²) < 4.78 is 33.6. The summed E-state index contributed by atoms with van der Waals surface area (Å²) in [4.78, 5) is 0. The third-order valence-corrected chi connectivity index (χ3v) is 1.54. The molecular formula is C8H16F2O2. The van der Waals surface area contributed by atoms with Gasteiger partial charge in [-0.2, -0.15) is 0 Å². The van der Waals surface area contributed by atoms with Gasteiger partial charge in [-0.25, -0.2) is 8.78 Å². The van der Waals surface area contributed by atoms with E-state index in [0.29, 0.717) is 19.6 Å². The van der Waals surface area contributed by atoms with Crippen molar-refractivity contribution in [1.82, 2.24) is 0 Å². The number of rotatable bonds is 7. The molecule has 12 heavy (non-hydrogen) atoms. The first-order valence-electron chi connectivity index (χ1n) is 4.09. The second-order valence-corrected chi connectivity index (χ2v) is 2.52. The van der Waals surface area contributed by atoms with E-state index in [1.165, 1.54) is 0 Å². The predicted octanol–water partition coefficient (Wildman–Crippen LogP) is 2.08. The first kappa shape index (κ1) is 11.8. The van der Waals surface area contributed by atoms with Crippen LogP contribution >= 0.6 is 0 Å². The maximum absolute atomic E-state index is 11.9. The third kappa shape index (κ3) is 6.49. The van der Waals surface area contributed by atoms with Gasteiger partial charge in [-0.3, -0.25) is 0 Å². The van der Waals surface area contributed by atoms with Gasteiger partial charge in [0.15, 0.2) is 0 Å². The fourth-order valence-corrected chi connectivity index (χ4v) is 0.849. The number of methoxy groups -OCH3 is 1. The molecule has 0 aliphatic carbocycles. The summed E-state index contributed by atoms with van der Waals surface area (Å²) in [5, 5.41) is 0. The molecule has 0 fully saturated rings. The van der Waals surface area contributed by atoms with E-state index in [0.717, 1.165) is 0 Å². The highest BCUT2D eigenvalue weighted by Crippen LogP contribution is 2.10. The highest BCUT2D eigenvalue weighted by Gasteiger charge is 2.13. The Morgan fingerprint density at radius 2 is 1.92 bits per heavy atom. The molecule has 4 heteroatoms. The van der Waals surface area contributed by atoms with Crippen LogP contribution in [0.15, 0.2) is 0 Å². The molecule has 0 aliphatic rings. The van der Waals surface area contributed by atoms with Gasteiger partial charge in [0.05, 0.1) is 19.3 Å². The van der Waals surface area contributed by atoms with E-state index >= 15 is 0 Å². The van der Waals surface area contributed by atoms with E-state index in [1.807, 2.05) is 6.92 Å². The Labute approximate surface area is 71.9 Å². The summed E-state index contributed by atoms with van der Waals surface area (Å²) in [7, 11) is 1.55. The number of hydrogen-bond acceptors (Lipinski definition) is 2. The molecule has 0 bridgehead atoms. The summed E-state index contributed by atoms with van der Waals surface area (Å²) in [6.07, 6.45) is -2.17. The Bertz CT molecular complexity index is 99.1. The second-order valence-electron chi connectivity index (χ2n) is 2.52. The van der Waals surface area contributed by atoms with E-state index in [2.05, 4.69) is 0 Å². The number of halogens is 2. The minimum atomic E-state index is -2.28. The summed E-state index contributed by atoms with van der Waals surface area (Å²) >= 11 is 0. The third-order valence-electron chi connectivity index (χ3n) is 1.54. The lowest BCUT2D eigenvalue weighted by Crippen LogP contribution is -2.18. The lowest BCUT2D eigenvalue weighted by Gasteiger charge is -2.14. The lowest BCUT2D eigenvalue weighted by molar-refractivity contribution is -0.0177. The van der Waals surface area contributed by atoms with Crippen LogP contribution in [0.5, 0.6) is 0 Å². The van der Waals surface area contributed by atoms with Crippen LogP contribution < -0.4 is 0 Å².